The summed E-state index contributed by atoms with van der Waals surface area (Å²) < 4.78 is 35.3. The van der Waals surface area contributed by atoms with Crippen LogP contribution < -0.4 is 15.8 Å². The van der Waals surface area contributed by atoms with Crippen molar-refractivity contribution in [1.29, 1.82) is 0 Å². The molecule has 0 unspecified atom stereocenters. The van der Waals surface area contributed by atoms with Crippen molar-refractivity contribution >= 4 is 22.1 Å². The summed E-state index contributed by atoms with van der Waals surface area (Å²) in [6.45, 7) is 0.369. The number of carbonyl (C=O) groups is 1. The lowest BCUT2D eigenvalue weighted by atomic mass is 10.1. The Morgan fingerprint density at radius 1 is 1.16 bits per heavy atom. The van der Waals surface area contributed by atoms with Crippen molar-refractivity contribution in [2.24, 2.45) is 5.14 Å². The second kappa shape index (κ2) is 8.41. The van der Waals surface area contributed by atoms with Crippen LogP contribution in [0.25, 0.3) is 6.08 Å². The van der Waals surface area contributed by atoms with Crippen molar-refractivity contribution in [3.63, 3.8) is 0 Å². The van der Waals surface area contributed by atoms with Gasteiger partial charge in [0.2, 0.25) is 10.0 Å². The van der Waals surface area contributed by atoms with Gasteiger partial charge in [0.05, 0.1) is 4.90 Å². The number of benzene rings is 2. The number of hydrogen-bond acceptors (Lipinski definition) is 3. The van der Waals surface area contributed by atoms with Gasteiger partial charge >= 0.3 is 6.03 Å². The van der Waals surface area contributed by atoms with Crippen LogP contribution in [0.5, 0.6) is 0 Å². The first-order valence-electron chi connectivity index (χ1n) is 7.43. The second-order valence-corrected chi connectivity index (χ2v) is 6.79. The van der Waals surface area contributed by atoms with Gasteiger partial charge in [-0.1, -0.05) is 24.3 Å². The Morgan fingerprint density at radius 3 is 2.52 bits per heavy atom. The molecule has 0 aromatic heterocycles. The largest absolute Gasteiger partial charge is 0.338 e. The molecule has 132 valence electrons. The van der Waals surface area contributed by atoms with E-state index in [0.717, 1.165) is 5.56 Å². The van der Waals surface area contributed by atoms with Crippen LogP contribution in [0.3, 0.4) is 0 Å². The van der Waals surface area contributed by atoms with E-state index in [-0.39, 0.29) is 10.7 Å². The summed E-state index contributed by atoms with van der Waals surface area (Å²) in [7, 11) is -3.70. The summed E-state index contributed by atoms with van der Waals surface area (Å²) >= 11 is 0. The van der Waals surface area contributed by atoms with E-state index in [1.807, 2.05) is 0 Å². The van der Waals surface area contributed by atoms with Gasteiger partial charge < -0.3 is 10.6 Å². The van der Waals surface area contributed by atoms with Gasteiger partial charge in [-0.15, -0.1) is 0 Å². The molecule has 2 amide bonds. The molecule has 0 heterocycles. The molecule has 0 fully saturated rings. The van der Waals surface area contributed by atoms with Gasteiger partial charge in [-0.3, -0.25) is 0 Å². The molecule has 0 aliphatic carbocycles. The van der Waals surface area contributed by atoms with Crippen LogP contribution in [0.1, 0.15) is 11.1 Å². The van der Waals surface area contributed by atoms with E-state index < -0.39 is 16.1 Å². The van der Waals surface area contributed by atoms with Crippen molar-refractivity contribution in [2.45, 2.75) is 11.3 Å². The Bertz CT molecular complexity index is 865. The van der Waals surface area contributed by atoms with E-state index >= 15 is 0 Å². The number of sulfonamides is 1. The highest BCUT2D eigenvalue weighted by atomic mass is 32.2. The van der Waals surface area contributed by atoms with Gasteiger partial charge in [-0.05, 0) is 47.9 Å². The topological polar surface area (TPSA) is 101 Å². The quantitative estimate of drug-likeness (QED) is 0.731. The van der Waals surface area contributed by atoms with E-state index in [0.29, 0.717) is 18.5 Å². The number of primary sulfonamides is 1. The Balaban J connectivity index is 1.75. The van der Waals surface area contributed by atoms with Crippen LogP contribution in [0.2, 0.25) is 0 Å². The predicted octanol–water partition coefficient (Wildman–Crippen LogP) is 1.99. The number of hydrogen-bond donors (Lipinski definition) is 3. The lowest BCUT2D eigenvalue weighted by molar-refractivity contribution is 0.244. The minimum Gasteiger partial charge on any atom is -0.338 e. The molecule has 4 N–H and O–H groups in total. The van der Waals surface area contributed by atoms with Crippen LogP contribution in [0.4, 0.5) is 9.18 Å². The zero-order valence-corrected chi connectivity index (χ0v) is 14.1. The SMILES string of the molecule is NS(=O)(=O)c1ccc(CCNC(=O)N/C=C/c2cccc(F)c2)cc1. The molecule has 25 heavy (non-hydrogen) atoms. The highest BCUT2D eigenvalue weighted by Crippen LogP contribution is 2.09. The van der Waals surface area contributed by atoms with Crippen molar-refractivity contribution in [2.75, 3.05) is 6.54 Å². The lowest BCUT2D eigenvalue weighted by Gasteiger charge is -2.05. The molecule has 0 aliphatic rings. The lowest BCUT2D eigenvalue weighted by Crippen LogP contribution is -2.33. The van der Waals surface area contributed by atoms with E-state index in [1.165, 1.54) is 30.5 Å². The molecule has 0 spiro atoms. The average molecular weight is 363 g/mol. The molecule has 0 radical (unpaired) electrons. The van der Waals surface area contributed by atoms with Gasteiger partial charge in [-0.25, -0.2) is 22.7 Å². The van der Waals surface area contributed by atoms with Crippen molar-refractivity contribution in [3.8, 4) is 0 Å². The van der Waals surface area contributed by atoms with Crippen molar-refractivity contribution in [1.82, 2.24) is 10.6 Å². The van der Waals surface area contributed by atoms with Gasteiger partial charge in [0.25, 0.3) is 0 Å². The number of amides is 2. The number of halogens is 1. The van der Waals surface area contributed by atoms with Gasteiger partial charge in [0, 0.05) is 12.7 Å². The van der Waals surface area contributed by atoms with E-state index in [2.05, 4.69) is 10.6 Å². The maximum absolute atomic E-state index is 13.0. The summed E-state index contributed by atoms with van der Waals surface area (Å²) in [4.78, 5) is 11.7. The fourth-order valence-electron chi connectivity index (χ4n) is 2.04. The van der Waals surface area contributed by atoms with Crippen LogP contribution >= 0.6 is 0 Å². The van der Waals surface area contributed by atoms with Crippen molar-refractivity contribution in [3.05, 3.63) is 71.7 Å². The first-order chi connectivity index (χ1) is 11.8. The molecule has 0 bridgehead atoms. The molecule has 2 aromatic carbocycles. The van der Waals surface area contributed by atoms with E-state index in [9.17, 15) is 17.6 Å². The zero-order valence-electron chi connectivity index (χ0n) is 13.3. The third-order valence-electron chi connectivity index (χ3n) is 3.29. The first kappa shape index (κ1) is 18.6. The molecule has 6 nitrogen and oxygen atoms in total. The number of urea groups is 1. The standard InChI is InChI=1S/C17H18FN3O3S/c18-15-3-1-2-14(12-15)9-11-21-17(22)20-10-8-13-4-6-16(7-5-13)25(19,23)24/h1-7,9,11-12H,8,10H2,(H2,19,23,24)(H2,20,21,22)/b11-9+. The summed E-state index contributed by atoms with van der Waals surface area (Å²) in [5.41, 5.74) is 1.50. The molecule has 8 heteroatoms. The fraction of sp³-hybridized carbons (Fsp3) is 0.118. The maximum atomic E-state index is 13.0. The van der Waals surface area contributed by atoms with Crippen LogP contribution in [0, 0.1) is 5.82 Å². The monoisotopic (exact) mass is 363 g/mol. The third kappa shape index (κ3) is 6.36. The summed E-state index contributed by atoms with van der Waals surface area (Å²) in [6, 6.07) is 11.7. The van der Waals surface area contributed by atoms with E-state index in [1.54, 1.807) is 30.3 Å². The molecule has 2 aromatic rings. The number of rotatable bonds is 6. The van der Waals surface area contributed by atoms with Crippen molar-refractivity contribution < 1.29 is 17.6 Å². The van der Waals surface area contributed by atoms with Crippen LogP contribution in [-0.4, -0.2) is 21.0 Å². The smallest absolute Gasteiger partial charge is 0.318 e. The number of carbonyl (C=O) groups excluding carboxylic acids is 1. The van der Waals surface area contributed by atoms with Crippen LogP contribution in [-0.2, 0) is 16.4 Å². The van der Waals surface area contributed by atoms with E-state index in [4.69, 9.17) is 5.14 Å². The Kier molecular flexibility index (Phi) is 6.26. The van der Waals surface area contributed by atoms with Gasteiger partial charge in [-0.2, -0.15) is 0 Å². The average Bonchev–Trinajstić information content (AvgIpc) is 2.54. The highest BCUT2D eigenvalue weighted by Gasteiger charge is 2.06. The highest BCUT2D eigenvalue weighted by molar-refractivity contribution is 7.89. The number of nitrogens with one attached hydrogen (secondary N) is 2. The minimum atomic E-state index is -3.70. The predicted molar refractivity (Wildman–Crippen MR) is 93.5 cm³/mol. The molecular weight excluding hydrogens is 345 g/mol. The molecular formula is C17H18FN3O3S. The minimum absolute atomic E-state index is 0.0458. The third-order valence-corrected chi connectivity index (χ3v) is 4.22. The summed E-state index contributed by atoms with van der Waals surface area (Å²) in [5.74, 6) is -0.347. The summed E-state index contributed by atoms with van der Waals surface area (Å²) in [6.07, 6.45) is 3.53. The van der Waals surface area contributed by atoms with Gasteiger partial charge in [0.15, 0.2) is 0 Å². The number of nitrogens with two attached hydrogens (primary N) is 1. The molecule has 0 aliphatic heterocycles. The van der Waals surface area contributed by atoms with Crippen LogP contribution in [0.15, 0.2) is 59.6 Å². The molecule has 0 saturated carbocycles. The molecule has 2 rings (SSSR count). The second-order valence-electron chi connectivity index (χ2n) is 5.23. The van der Waals surface area contributed by atoms with Gasteiger partial charge in [0.1, 0.15) is 5.82 Å². The normalized spacial score (nSPS) is 11.4. The molecule has 0 saturated heterocycles. The Labute approximate surface area is 145 Å². The summed E-state index contributed by atoms with van der Waals surface area (Å²) in [5, 5.41) is 10.2. The Hall–Kier alpha value is -2.71. The maximum Gasteiger partial charge on any atom is 0.318 e. The zero-order chi connectivity index (χ0) is 18.3. The Morgan fingerprint density at radius 2 is 1.88 bits per heavy atom. The molecule has 0 atom stereocenters. The first-order valence-corrected chi connectivity index (χ1v) is 8.97. The fourth-order valence-corrected chi connectivity index (χ4v) is 2.56.